The van der Waals surface area contributed by atoms with Crippen LogP contribution in [0.2, 0.25) is 5.02 Å². The van der Waals surface area contributed by atoms with Crippen LogP contribution in [0.4, 0.5) is 0 Å². The van der Waals surface area contributed by atoms with Crippen molar-refractivity contribution in [3.05, 3.63) is 34.9 Å². The fourth-order valence-electron chi connectivity index (χ4n) is 2.53. The van der Waals surface area contributed by atoms with E-state index in [2.05, 4.69) is 5.32 Å². The lowest BCUT2D eigenvalue weighted by Gasteiger charge is -2.31. The van der Waals surface area contributed by atoms with E-state index in [1.807, 2.05) is 24.3 Å². The summed E-state index contributed by atoms with van der Waals surface area (Å²) < 4.78 is 0. The normalized spacial score (nSPS) is 26.4. The predicted molar refractivity (Wildman–Crippen MR) is 66.9 cm³/mol. The maximum absolute atomic E-state index is 9.76. The van der Waals surface area contributed by atoms with Gasteiger partial charge in [0.15, 0.2) is 0 Å². The molecule has 16 heavy (non-hydrogen) atoms. The third kappa shape index (κ3) is 2.24. The third-order valence-corrected chi connectivity index (χ3v) is 3.87. The molecule has 0 saturated carbocycles. The molecular weight excluding hydrogens is 222 g/mol. The summed E-state index contributed by atoms with van der Waals surface area (Å²) in [5, 5.41) is 13.9. The lowest BCUT2D eigenvalue weighted by Crippen LogP contribution is -2.32. The number of aliphatic hydroxyl groups excluding tert-OH is 1. The zero-order valence-corrected chi connectivity index (χ0v) is 10.1. The van der Waals surface area contributed by atoms with Crippen LogP contribution in [-0.2, 0) is 5.41 Å². The molecule has 1 fully saturated rings. The Bertz CT molecular complexity index is 346. The Morgan fingerprint density at radius 2 is 2.06 bits per heavy atom. The van der Waals surface area contributed by atoms with E-state index in [-0.39, 0.29) is 12.0 Å². The summed E-state index contributed by atoms with van der Waals surface area (Å²) in [4.78, 5) is 0. The number of nitrogens with one attached hydrogen (secondary N) is 1. The Morgan fingerprint density at radius 3 is 2.81 bits per heavy atom. The van der Waals surface area contributed by atoms with Gasteiger partial charge in [-0.2, -0.15) is 0 Å². The summed E-state index contributed by atoms with van der Waals surface area (Å²) in [6, 6.07) is 7.89. The van der Waals surface area contributed by atoms with Crippen LogP contribution >= 0.6 is 11.6 Å². The first-order valence-corrected chi connectivity index (χ1v) is 6.23. The minimum atomic E-state index is -0.151. The zero-order valence-electron chi connectivity index (χ0n) is 9.38. The first kappa shape index (κ1) is 11.9. The zero-order chi connectivity index (χ0) is 11.4. The highest BCUT2D eigenvalue weighted by atomic mass is 35.5. The van der Waals surface area contributed by atoms with Crippen molar-refractivity contribution < 1.29 is 5.11 Å². The van der Waals surface area contributed by atoms with Gasteiger partial charge in [0.1, 0.15) is 0 Å². The molecule has 3 heteroatoms. The minimum absolute atomic E-state index is 0.151. The maximum atomic E-state index is 9.76. The Balaban J connectivity index is 2.36. The monoisotopic (exact) mass is 239 g/mol. The standard InChI is InChI=1S/C13H18ClNO/c14-12-5-2-1-4-11(12)13(10-16)6-3-8-15-9-7-13/h1-2,4-5,15-16H,3,6-10H2. The molecule has 1 aliphatic rings. The molecule has 2 rings (SSSR count). The van der Waals surface area contributed by atoms with Gasteiger partial charge in [-0.3, -0.25) is 0 Å². The Labute approximate surface area is 102 Å². The van der Waals surface area contributed by atoms with Crippen LogP contribution < -0.4 is 5.32 Å². The van der Waals surface area contributed by atoms with Gasteiger partial charge >= 0.3 is 0 Å². The van der Waals surface area contributed by atoms with Crippen LogP contribution in [0.15, 0.2) is 24.3 Å². The first-order valence-electron chi connectivity index (χ1n) is 5.85. The lowest BCUT2D eigenvalue weighted by molar-refractivity contribution is 0.179. The van der Waals surface area contributed by atoms with Crippen molar-refractivity contribution in [2.24, 2.45) is 0 Å². The summed E-state index contributed by atoms with van der Waals surface area (Å²) >= 11 is 6.25. The number of aliphatic hydroxyl groups is 1. The summed E-state index contributed by atoms with van der Waals surface area (Å²) in [7, 11) is 0. The SMILES string of the molecule is OCC1(c2ccccc2Cl)CCCNCC1. The van der Waals surface area contributed by atoms with Gasteiger partial charge in [-0.05, 0) is 44.0 Å². The number of halogens is 1. The van der Waals surface area contributed by atoms with Crippen LogP contribution in [-0.4, -0.2) is 24.8 Å². The largest absolute Gasteiger partial charge is 0.395 e. The summed E-state index contributed by atoms with van der Waals surface area (Å²) in [5.74, 6) is 0. The molecule has 2 nitrogen and oxygen atoms in total. The second-order valence-electron chi connectivity index (χ2n) is 4.52. The van der Waals surface area contributed by atoms with Gasteiger partial charge in [-0.1, -0.05) is 29.8 Å². The smallest absolute Gasteiger partial charge is 0.0528 e. The van der Waals surface area contributed by atoms with E-state index in [1.165, 1.54) is 0 Å². The van der Waals surface area contributed by atoms with Gasteiger partial charge in [0.2, 0.25) is 0 Å². The summed E-state index contributed by atoms with van der Waals surface area (Å²) in [6.07, 6.45) is 3.04. The molecule has 1 heterocycles. The summed E-state index contributed by atoms with van der Waals surface area (Å²) in [6.45, 7) is 2.16. The second kappa shape index (κ2) is 5.17. The molecule has 0 radical (unpaired) electrons. The average molecular weight is 240 g/mol. The van der Waals surface area contributed by atoms with Crippen molar-refractivity contribution >= 4 is 11.6 Å². The van der Waals surface area contributed by atoms with Crippen molar-refractivity contribution in [2.75, 3.05) is 19.7 Å². The fourth-order valence-corrected chi connectivity index (χ4v) is 2.87. The van der Waals surface area contributed by atoms with E-state index in [9.17, 15) is 5.11 Å². The van der Waals surface area contributed by atoms with Crippen molar-refractivity contribution in [3.63, 3.8) is 0 Å². The van der Waals surface area contributed by atoms with Crippen molar-refractivity contribution in [2.45, 2.75) is 24.7 Å². The van der Waals surface area contributed by atoms with Gasteiger partial charge in [0.25, 0.3) is 0 Å². The molecule has 1 unspecified atom stereocenters. The molecule has 88 valence electrons. The van der Waals surface area contributed by atoms with E-state index in [4.69, 9.17) is 11.6 Å². The Hall–Kier alpha value is -0.570. The first-order chi connectivity index (χ1) is 7.78. The minimum Gasteiger partial charge on any atom is -0.395 e. The van der Waals surface area contributed by atoms with Gasteiger partial charge in [-0.15, -0.1) is 0 Å². The molecule has 1 aromatic rings. The van der Waals surface area contributed by atoms with Gasteiger partial charge < -0.3 is 10.4 Å². The number of benzene rings is 1. The quantitative estimate of drug-likeness (QED) is 0.831. The van der Waals surface area contributed by atoms with Crippen molar-refractivity contribution in [1.29, 1.82) is 0 Å². The lowest BCUT2D eigenvalue weighted by atomic mass is 9.75. The van der Waals surface area contributed by atoms with E-state index in [0.29, 0.717) is 0 Å². The van der Waals surface area contributed by atoms with E-state index in [0.717, 1.165) is 42.9 Å². The van der Waals surface area contributed by atoms with Gasteiger partial charge in [-0.25, -0.2) is 0 Å². The molecule has 1 aromatic carbocycles. The third-order valence-electron chi connectivity index (χ3n) is 3.54. The Kier molecular flexibility index (Phi) is 3.85. The number of hydrogen-bond donors (Lipinski definition) is 2. The Morgan fingerprint density at radius 1 is 1.25 bits per heavy atom. The van der Waals surface area contributed by atoms with Crippen LogP contribution in [0, 0.1) is 0 Å². The van der Waals surface area contributed by atoms with Crippen molar-refractivity contribution in [3.8, 4) is 0 Å². The van der Waals surface area contributed by atoms with Crippen molar-refractivity contribution in [1.82, 2.24) is 5.32 Å². The molecule has 0 aliphatic carbocycles. The molecular formula is C13H18ClNO. The molecule has 0 spiro atoms. The molecule has 1 saturated heterocycles. The van der Waals surface area contributed by atoms with Gasteiger partial charge in [0.05, 0.1) is 6.61 Å². The molecule has 0 amide bonds. The highest BCUT2D eigenvalue weighted by Crippen LogP contribution is 2.37. The predicted octanol–water partition coefficient (Wildman–Crippen LogP) is 2.34. The molecule has 1 atom stereocenters. The maximum Gasteiger partial charge on any atom is 0.0528 e. The average Bonchev–Trinajstić information content (AvgIpc) is 2.56. The van der Waals surface area contributed by atoms with Crippen LogP contribution in [0.25, 0.3) is 0 Å². The van der Waals surface area contributed by atoms with Gasteiger partial charge in [0, 0.05) is 10.4 Å². The van der Waals surface area contributed by atoms with Crippen LogP contribution in [0.5, 0.6) is 0 Å². The second-order valence-corrected chi connectivity index (χ2v) is 4.93. The van der Waals surface area contributed by atoms with E-state index in [1.54, 1.807) is 0 Å². The fraction of sp³-hybridized carbons (Fsp3) is 0.538. The molecule has 2 N–H and O–H groups in total. The highest BCUT2D eigenvalue weighted by Gasteiger charge is 2.33. The summed E-state index contributed by atoms with van der Waals surface area (Å²) in [5.41, 5.74) is 0.949. The van der Waals surface area contributed by atoms with Crippen LogP contribution in [0.1, 0.15) is 24.8 Å². The van der Waals surface area contributed by atoms with E-state index >= 15 is 0 Å². The number of hydrogen-bond acceptors (Lipinski definition) is 2. The number of rotatable bonds is 2. The highest BCUT2D eigenvalue weighted by molar-refractivity contribution is 6.31. The topological polar surface area (TPSA) is 32.3 Å². The van der Waals surface area contributed by atoms with E-state index < -0.39 is 0 Å². The van der Waals surface area contributed by atoms with Crippen LogP contribution in [0.3, 0.4) is 0 Å². The molecule has 1 aliphatic heterocycles. The molecule has 0 bridgehead atoms. The molecule has 0 aromatic heterocycles.